The summed E-state index contributed by atoms with van der Waals surface area (Å²) >= 11 is 0. The quantitative estimate of drug-likeness (QED) is 0.454. The van der Waals surface area contributed by atoms with Crippen LogP contribution in [0.25, 0.3) is 0 Å². The zero-order chi connectivity index (χ0) is 27.2. The third-order valence-corrected chi connectivity index (χ3v) is 7.08. The van der Waals surface area contributed by atoms with Crippen LogP contribution in [0.2, 0.25) is 0 Å². The average Bonchev–Trinajstić information content (AvgIpc) is 3.44. The number of hydrogen-bond donors (Lipinski definition) is 2. The van der Waals surface area contributed by atoms with E-state index in [1.54, 1.807) is 20.3 Å². The Labute approximate surface area is 227 Å². The van der Waals surface area contributed by atoms with Gasteiger partial charge in [-0.3, -0.25) is 9.59 Å². The maximum atomic E-state index is 13.7. The van der Waals surface area contributed by atoms with Crippen LogP contribution < -0.4 is 29.6 Å². The van der Waals surface area contributed by atoms with Gasteiger partial charge in [0.15, 0.2) is 11.5 Å². The summed E-state index contributed by atoms with van der Waals surface area (Å²) < 4.78 is 22.0. The minimum absolute atomic E-state index is 0.00237. The van der Waals surface area contributed by atoms with Crippen LogP contribution in [-0.4, -0.2) is 32.8 Å². The van der Waals surface area contributed by atoms with E-state index in [1.807, 2.05) is 72.8 Å². The van der Waals surface area contributed by atoms with Gasteiger partial charge >= 0.3 is 0 Å². The minimum atomic E-state index is -0.662. The van der Waals surface area contributed by atoms with Crippen LogP contribution >= 0.6 is 0 Å². The third kappa shape index (κ3) is 6.00. The second-order valence-electron chi connectivity index (χ2n) is 9.51. The Kier molecular flexibility index (Phi) is 8.01. The fourth-order valence-electron chi connectivity index (χ4n) is 5.00. The summed E-state index contributed by atoms with van der Waals surface area (Å²) in [5, 5.41) is 6.32. The lowest BCUT2D eigenvalue weighted by Crippen LogP contribution is -2.37. The van der Waals surface area contributed by atoms with Crippen molar-refractivity contribution in [2.75, 3.05) is 21.0 Å². The van der Waals surface area contributed by atoms with Gasteiger partial charge in [-0.1, -0.05) is 48.6 Å². The predicted molar refractivity (Wildman–Crippen MR) is 146 cm³/mol. The number of hydrogen-bond acceptors (Lipinski definition) is 6. The summed E-state index contributed by atoms with van der Waals surface area (Å²) in [7, 11) is 3.19. The SMILES string of the molecule is COc1ccc([C@@H]2C/C=C\C[C@@H](c3ccc4c(c3)OCO4)NC(=O)[C@@H](c3ccccc3)CC(=O)N2)c(OC)c1. The summed E-state index contributed by atoms with van der Waals surface area (Å²) in [6.45, 7) is 0.178. The van der Waals surface area contributed by atoms with Crippen molar-refractivity contribution in [1.82, 2.24) is 10.6 Å². The Morgan fingerprint density at radius 2 is 1.54 bits per heavy atom. The van der Waals surface area contributed by atoms with Crippen molar-refractivity contribution < 1.29 is 28.5 Å². The van der Waals surface area contributed by atoms with E-state index < -0.39 is 5.92 Å². The van der Waals surface area contributed by atoms with Gasteiger partial charge in [-0.25, -0.2) is 0 Å². The summed E-state index contributed by atoms with van der Waals surface area (Å²) in [6, 6.07) is 20.0. The molecule has 2 heterocycles. The largest absolute Gasteiger partial charge is 0.497 e. The molecule has 0 saturated heterocycles. The molecule has 2 aliphatic rings. The van der Waals surface area contributed by atoms with E-state index in [0.29, 0.717) is 35.8 Å². The molecule has 0 saturated carbocycles. The van der Waals surface area contributed by atoms with Crippen LogP contribution in [0.5, 0.6) is 23.0 Å². The normalized spacial score (nSPS) is 22.1. The highest BCUT2D eigenvalue weighted by Crippen LogP contribution is 2.36. The average molecular weight is 529 g/mol. The molecular weight excluding hydrogens is 496 g/mol. The van der Waals surface area contributed by atoms with E-state index in [4.69, 9.17) is 18.9 Å². The molecule has 0 aromatic heterocycles. The molecule has 0 unspecified atom stereocenters. The molecule has 8 heteroatoms. The third-order valence-electron chi connectivity index (χ3n) is 7.08. The molecule has 3 aromatic rings. The summed E-state index contributed by atoms with van der Waals surface area (Å²) in [4.78, 5) is 27.1. The molecule has 0 bridgehead atoms. The van der Waals surface area contributed by atoms with Crippen molar-refractivity contribution in [1.29, 1.82) is 0 Å². The van der Waals surface area contributed by atoms with Crippen molar-refractivity contribution in [3.05, 3.63) is 95.6 Å². The number of ether oxygens (including phenoxy) is 4. The molecule has 2 N–H and O–H groups in total. The van der Waals surface area contributed by atoms with E-state index in [-0.39, 0.29) is 37.1 Å². The van der Waals surface area contributed by atoms with Crippen molar-refractivity contribution in [2.45, 2.75) is 37.3 Å². The van der Waals surface area contributed by atoms with Crippen molar-refractivity contribution in [2.24, 2.45) is 0 Å². The van der Waals surface area contributed by atoms with Gasteiger partial charge in [0.25, 0.3) is 0 Å². The van der Waals surface area contributed by atoms with E-state index in [2.05, 4.69) is 10.6 Å². The summed E-state index contributed by atoms with van der Waals surface area (Å²) in [5.74, 6) is 1.52. The van der Waals surface area contributed by atoms with Gasteiger partial charge in [0.05, 0.1) is 32.2 Å². The Morgan fingerprint density at radius 1 is 0.769 bits per heavy atom. The Bertz CT molecular complexity index is 1360. The van der Waals surface area contributed by atoms with Gasteiger partial charge in [-0.2, -0.15) is 0 Å². The lowest BCUT2D eigenvalue weighted by atomic mass is 9.92. The first kappa shape index (κ1) is 26.2. The second-order valence-corrected chi connectivity index (χ2v) is 9.51. The molecule has 2 aliphatic heterocycles. The number of rotatable bonds is 5. The van der Waals surface area contributed by atoms with Gasteiger partial charge in [0.2, 0.25) is 18.6 Å². The highest BCUT2D eigenvalue weighted by Gasteiger charge is 2.29. The standard InChI is InChI=1S/C31H32N2O6/c1-36-22-13-14-23(28(17-22)37-2)26-11-7-6-10-25(21-12-15-27-29(16-21)39-19-38-27)33-31(35)24(18-30(34)32-26)20-8-4-3-5-9-20/h3-9,12-17,24-26H,10-11,18-19H2,1-2H3,(H,32,34)(H,33,35)/b7-6-/t24-,25+,26+/m1/s1. The topological polar surface area (TPSA) is 95.1 Å². The van der Waals surface area contributed by atoms with Gasteiger partial charge < -0.3 is 29.6 Å². The smallest absolute Gasteiger partial charge is 0.231 e. The Morgan fingerprint density at radius 3 is 2.31 bits per heavy atom. The summed E-state index contributed by atoms with van der Waals surface area (Å²) in [5.41, 5.74) is 2.51. The van der Waals surface area contributed by atoms with Crippen molar-refractivity contribution in [3.63, 3.8) is 0 Å². The monoisotopic (exact) mass is 528 g/mol. The maximum Gasteiger partial charge on any atom is 0.231 e. The minimum Gasteiger partial charge on any atom is -0.497 e. The van der Waals surface area contributed by atoms with Crippen LogP contribution in [0.1, 0.15) is 54.0 Å². The molecular formula is C31H32N2O6. The lowest BCUT2D eigenvalue weighted by molar-refractivity contribution is -0.128. The lowest BCUT2D eigenvalue weighted by Gasteiger charge is -2.26. The van der Waals surface area contributed by atoms with E-state index >= 15 is 0 Å². The fraction of sp³-hybridized carbons (Fsp3) is 0.290. The first-order valence-corrected chi connectivity index (χ1v) is 13.0. The predicted octanol–water partition coefficient (Wildman–Crippen LogP) is 4.97. The number of fused-ring (bicyclic) bond motifs is 1. The van der Waals surface area contributed by atoms with Crippen molar-refractivity contribution >= 4 is 11.8 Å². The zero-order valence-corrected chi connectivity index (χ0v) is 22.0. The molecule has 202 valence electrons. The number of amides is 2. The van der Waals surface area contributed by atoms with Gasteiger partial charge in [0.1, 0.15) is 11.5 Å². The number of carbonyl (C=O) groups is 2. The highest BCUT2D eigenvalue weighted by molar-refractivity contribution is 5.90. The first-order valence-electron chi connectivity index (χ1n) is 13.0. The second kappa shape index (κ2) is 11.9. The van der Waals surface area contributed by atoms with Gasteiger partial charge in [0, 0.05) is 18.1 Å². The van der Waals surface area contributed by atoms with Gasteiger partial charge in [-0.05, 0) is 48.2 Å². The first-order chi connectivity index (χ1) is 19.1. The molecule has 39 heavy (non-hydrogen) atoms. The molecule has 3 aromatic carbocycles. The fourth-order valence-corrected chi connectivity index (χ4v) is 5.00. The van der Waals surface area contributed by atoms with Crippen LogP contribution in [0.4, 0.5) is 0 Å². The molecule has 0 radical (unpaired) electrons. The van der Waals surface area contributed by atoms with Crippen molar-refractivity contribution in [3.8, 4) is 23.0 Å². The zero-order valence-electron chi connectivity index (χ0n) is 22.0. The molecule has 0 aliphatic carbocycles. The molecule has 3 atom stereocenters. The van der Waals surface area contributed by atoms with E-state index in [9.17, 15) is 9.59 Å². The molecule has 8 nitrogen and oxygen atoms in total. The van der Waals surface area contributed by atoms with Crippen LogP contribution in [-0.2, 0) is 9.59 Å². The summed E-state index contributed by atoms with van der Waals surface area (Å²) in [6.07, 6.45) is 5.17. The Balaban J connectivity index is 1.49. The molecule has 0 spiro atoms. The molecule has 0 fully saturated rings. The van der Waals surface area contributed by atoms with Gasteiger partial charge in [-0.15, -0.1) is 0 Å². The number of nitrogens with one attached hydrogen (secondary N) is 2. The van der Waals surface area contributed by atoms with Crippen LogP contribution in [0.3, 0.4) is 0 Å². The highest BCUT2D eigenvalue weighted by atomic mass is 16.7. The number of benzene rings is 3. The van der Waals surface area contributed by atoms with Crippen LogP contribution in [0, 0.1) is 0 Å². The molecule has 2 amide bonds. The maximum absolute atomic E-state index is 13.7. The number of methoxy groups -OCH3 is 2. The molecule has 5 rings (SSSR count). The Hall–Kier alpha value is -4.46. The van der Waals surface area contributed by atoms with E-state index in [1.165, 1.54) is 0 Å². The van der Waals surface area contributed by atoms with E-state index in [0.717, 1.165) is 16.7 Å². The number of carbonyl (C=O) groups excluding carboxylic acids is 2. The van der Waals surface area contributed by atoms with Crippen LogP contribution in [0.15, 0.2) is 78.9 Å².